The van der Waals surface area contributed by atoms with E-state index < -0.39 is 6.09 Å². The van der Waals surface area contributed by atoms with Crippen molar-refractivity contribution in [3.8, 4) is 0 Å². The summed E-state index contributed by atoms with van der Waals surface area (Å²) in [5.41, 5.74) is 0.368. The predicted molar refractivity (Wildman–Crippen MR) is 58.5 cm³/mol. The van der Waals surface area contributed by atoms with Crippen LogP contribution in [0.5, 0.6) is 0 Å². The lowest BCUT2D eigenvalue weighted by Gasteiger charge is -2.07. The van der Waals surface area contributed by atoms with E-state index in [2.05, 4.69) is 10.1 Å². The number of aliphatic hydroxyl groups is 1. The Hall–Kier alpha value is -0.970. The average Bonchev–Trinajstić information content (AvgIpc) is 2.20. The highest BCUT2D eigenvalue weighted by Gasteiger charge is 2.06. The van der Waals surface area contributed by atoms with Crippen LogP contribution in [0.2, 0.25) is 10.0 Å². The third kappa shape index (κ3) is 3.95. The van der Waals surface area contributed by atoms with Gasteiger partial charge >= 0.3 is 6.09 Å². The Labute approximate surface area is 96.8 Å². The van der Waals surface area contributed by atoms with E-state index in [-0.39, 0.29) is 13.2 Å². The molecule has 0 fully saturated rings. The maximum Gasteiger partial charge on any atom is 0.411 e. The van der Waals surface area contributed by atoms with Crippen LogP contribution in [0.3, 0.4) is 0 Å². The highest BCUT2D eigenvalue weighted by molar-refractivity contribution is 6.35. The van der Waals surface area contributed by atoms with Crippen LogP contribution in [0.1, 0.15) is 0 Å². The van der Waals surface area contributed by atoms with Gasteiger partial charge in [0.15, 0.2) is 0 Å². The molecule has 0 radical (unpaired) electrons. The van der Waals surface area contributed by atoms with Crippen LogP contribution in [0.15, 0.2) is 18.2 Å². The van der Waals surface area contributed by atoms with E-state index in [1.165, 1.54) is 6.07 Å². The van der Waals surface area contributed by atoms with Crippen molar-refractivity contribution in [1.29, 1.82) is 0 Å². The van der Waals surface area contributed by atoms with Gasteiger partial charge in [0.2, 0.25) is 0 Å². The van der Waals surface area contributed by atoms with Gasteiger partial charge in [0.1, 0.15) is 6.61 Å². The summed E-state index contributed by atoms with van der Waals surface area (Å²) in [5, 5.41) is 11.6. The summed E-state index contributed by atoms with van der Waals surface area (Å²) in [6.45, 7) is -0.291. The van der Waals surface area contributed by atoms with E-state index in [0.717, 1.165) is 0 Å². The zero-order valence-electron chi connectivity index (χ0n) is 7.67. The molecule has 2 N–H and O–H groups in total. The number of halogens is 2. The van der Waals surface area contributed by atoms with Crippen molar-refractivity contribution in [3.05, 3.63) is 28.2 Å². The average molecular weight is 250 g/mol. The molecule has 0 saturated heterocycles. The van der Waals surface area contributed by atoms with Crippen LogP contribution >= 0.6 is 23.2 Å². The highest BCUT2D eigenvalue weighted by atomic mass is 35.5. The molecule has 0 aliphatic heterocycles. The van der Waals surface area contributed by atoms with Crippen LogP contribution in [-0.2, 0) is 4.74 Å². The molecule has 1 amide bonds. The number of hydrogen-bond acceptors (Lipinski definition) is 3. The van der Waals surface area contributed by atoms with Crippen molar-refractivity contribution in [3.63, 3.8) is 0 Å². The van der Waals surface area contributed by atoms with E-state index in [4.69, 9.17) is 28.3 Å². The molecule has 4 nitrogen and oxygen atoms in total. The maximum atomic E-state index is 11.1. The first-order valence-corrected chi connectivity index (χ1v) is 4.89. The van der Waals surface area contributed by atoms with Gasteiger partial charge in [-0.1, -0.05) is 23.2 Å². The summed E-state index contributed by atoms with van der Waals surface area (Å²) >= 11 is 11.5. The molecule has 6 heteroatoms. The molecule has 0 unspecified atom stereocenters. The molecule has 0 saturated carbocycles. The number of carbonyl (C=O) groups excluding carboxylic acids is 1. The number of hydrogen-bond donors (Lipinski definition) is 2. The fourth-order valence-electron chi connectivity index (χ4n) is 0.878. The number of carbonyl (C=O) groups is 1. The summed E-state index contributed by atoms with van der Waals surface area (Å²) in [5.74, 6) is 0. The highest BCUT2D eigenvalue weighted by Crippen LogP contribution is 2.25. The number of rotatable bonds is 3. The second-order valence-corrected chi connectivity index (χ2v) is 3.45. The smallest absolute Gasteiger partial charge is 0.411 e. The Balaban J connectivity index is 2.63. The minimum atomic E-state index is -0.687. The second-order valence-electron chi connectivity index (χ2n) is 2.61. The van der Waals surface area contributed by atoms with E-state index >= 15 is 0 Å². The molecule has 82 valence electrons. The SMILES string of the molecule is O=C(Nc1cc(Cl)ccc1Cl)OCCO. The maximum absolute atomic E-state index is 11.1. The number of amides is 1. The molecule has 0 heterocycles. The van der Waals surface area contributed by atoms with Crippen LogP contribution in [-0.4, -0.2) is 24.4 Å². The lowest BCUT2D eigenvalue weighted by atomic mass is 10.3. The first-order chi connectivity index (χ1) is 7.13. The molecular formula is C9H9Cl2NO3. The predicted octanol–water partition coefficient (Wildman–Crippen LogP) is 2.53. The van der Waals surface area contributed by atoms with Crippen LogP contribution in [0.4, 0.5) is 10.5 Å². The number of anilines is 1. The van der Waals surface area contributed by atoms with Crippen LogP contribution < -0.4 is 5.32 Å². The van der Waals surface area contributed by atoms with Crippen molar-refractivity contribution in [2.75, 3.05) is 18.5 Å². The third-order valence-corrected chi connectivity index (χ3v) is 2.05. The number of aliphatic hydroxyl groups excluding tert-OH is 1. The van der Waals surface area contributed by atoms with Crippen LogP contribution in [0, 0.1) is 0 Å². The second kappa shape index (κ2) is 5.80. The zero-order chi connectivity index (χ0) is 11.3. The fourth-order valence-corrected chi connectivity index (χ4v) is 1.21. The number of nitrogens with one attached hydrogen (secondary N) is 1. The Morgan fingerprint density at radius 1 is 1.47 bits per heavy atom. The van der Waals surface area contributed by atoms with Crippen molar-refractivity contribution in [2.24, 2.45) is 0 Å². The number of ether oxygens (including phenoxy) is 1. The van der Waals surface area contributed by atoms with Crippen molar-refractivity contribution >= 4 is 35.0 Å². The van der Waals surface area contributed by atoms with E-state index in [0.29, 0.717) is 15.7 Å². The summed E-state index contributed by atoms with van der Waals surface area (Å²) in [6.07, 6.45) is -0.687. The minimum Gasteiger partial charge on any atom is -0.447 e. The molecule has 0 atom stereocenters. The monoisotopic (exact) mass is 249 g/mol. The third-order valence-electron chi connectivity index (χ3n) is 1.49. The lowest BCUT2D eigenvalue weighted by molar-refractivity contribution is 0.131. The molecular weight excluding hydrogens is 241 g/mol. The van der Waals surface area contributed by atoms with Gasteiger partial charge in [0.05, 0.1) is 17.3 Å². The van der Waals surface area contributed by atoms with Crippen molar-refractivity contribution < 1.29 is 14.6 Å². The van der Waals surface area contributed by atoms with Gasteiger partial charge in [-0.05, 0) is 18.2 Å². The summed E-state index contributed by atoms with van der Waals surface area (Å²) in [4.78, 5) is 11.1. The molecule has 1 aromatic rings. The summed E-state index contributed by atoms with van der Waals surface area (Å²) in [6, 6.07) is 4.67. The van der Waals surface area contributed by atoms with E-state index in [9.17, 15) is 4.79 Å². The Bertz CT molecular complexity index is 357. The van der Waals surface area contributed by atoms with Gasteiger partial charge in [-0.15, -0.1) is 0 Å². The first-order valence-electron chi connectivity index (χ1n) is 4.13. The van der Waals surface area contributed by atoms with E-state index in [1.54, 1.807) is 12.1 Å². The first kappa shape index (κ1) is 12.1. The Morgan fingerprint density at radius 2 is 2.20 bits per heavy atom. The molecule has 0 bridgehead atoms. The molecule has 1 rings (SSSR count). The zero-order valence-corrected chi connectivity index (χ0v) is 9.18. The van der Waals surface area contributed by atoms with Crippen LogP contribution in [0.25, 0.3) is 0 Å². The lowest BCUT2D eigenvalue weighted by Crippen LogP contribution is -2.15. The quantitative estimate of drug-likeness (QED) is 0.866. The standard InChI is InChI=1S/C9H9Cl2NO3/c10-6-1-2-7(11)8(5-6)12-9(14)15-4-3-13/h1-2,5,13H,3-4H2,(H,12,14). The van der Waals surface area contributed by atoms with Crippen molar-refractivity contribution in [1.82, 2.24) is 0 Å². The molecule has 0 aliphatic carbocycles. The number of benzene rings is 1. The minimum absolute atomic E-state index is 0.0655. The Kier molecular flexibility index (Phi) is 4.68. The topological polar surface area (TPSA) is 58.6 Å². The summed E-state index contributed by atoms with van der Waals surface area (Å²) in [7, 11) is 0. The largest absolute Gasteiger partial charge is 0.447 e. The molecule has 15 heavy (non-hydrogen) atoms. The Morgan fingerprint density at radius 3 is 2.87 bits per heavy atom. The molecule has 0 spiro atoms. The van der Waals surface area contributed by atoms with Gasteiger partial charge in [-0.3, -0.25) is 5.32 Å². The molecule has 0 aromatic heterocycles. The summed E-state index contributed by atoms with van der Waals surface area (Å²) < 4.78 is 4.59. The van der Waals surface area contributed by atoms with Gasteiger partial charge < -0.3 is 9.84 Å². The molecule has 0 aliphatic rings. The van der Waals surface area contributed by atoms with Crippen molar-refractivity contribution in [2.45, 2.75) is 0 Å². The van der Waals surface area contributed by atoms with Gasteiger partial charge in [-0.25, -0.2) is 4.79 Å². The van der Waals surface area contributed by atoms with E-state index in [1.807, 2.05) is 0 Å². The molecule has 1 aromatic carbocycles. The van der Waals surface area contributed by atoms with Gasteiger partial charge in [-0.2, -0.15) is 0 Å². The van der Waals surface area contributed by atoms with Gasteiger partial charge in [0.25, 0.3) is 0 Å². The fraction of sp³-hybridized carbons (Fsp3) is 0.222. The normalized spacial score (nSPS) is 9.80. The van der Waals surface area contributed by atoms with Gasteiger partial charge in [0, 0.05) is 5.02 Å².